The summed E-state index contributed by atoms with van der Waals surface area (Å²) in [5, 5.41) is 5.79. The van der Waals surface area contributed by atoms with E-state index in [1.54, 1.807) is 6.92 Å². The predicted octanol–water partition coefficient (Wildman–Crippen LogP) is 0.514. The Hall–Kier alpha value is -1.01. The molecule has 0 radical (unpaired) electrons. The van der Waals surface area contributed by atoms with Crippen molar-refractivity contribution >= 4 is 5.91 Å². The van der Waals surface area contributed by atoms with Crippen LogP contribution in [0.5, 0.6) is 0 Å². The van der Waals surface area contributed by atoms with E-state index in [0.29, 0.717) is 19.1 Å². The van der Waals surface area contributed by atoms with Gasteiger partial charge in [-0.05, 0) is 20.3 Å². The molecular formula is C10H18N2O. The van der Waals surface area contributed by atoms with E-state index >= 15 is 0 Å². The lowest BCUT2D eigenvalue weighted by Gasteiger charge is -2.09. The van der Waals surface area contributed by atoms with Crippen LogP contribution in [0.15, 0.2) is 0 Å². The highest BCUT2D eigenvalue weighted by Gasteiger charge is 2.01. The van der Waals surface area contributed by atoms with Crippen LogP contribution in [-0.2, 0) is 4.79 Å². The van der Waals surface area contributed by atoms with Crippen molar-refractivity contribution in [3.05, 3.63) is 0 Å². The molecule has 1 amide bonds. The minimum Gasteiger partial charge on any atom is -0.344 e. The third kappa shape index (κ3) is 7.35. The van der Waals surface area contributed by atoms with Gasteiger partial charge >= 0.3 is 0 Å². The third-order valence-corrected chi connectivity index (χ3v) is 1.77. The molecule has 0 aliphatic rings. The standard InChI is InChI=1S/C10H18N2O/c1-4-6-7-11-10(13)8-12-9(3)5-2/h9,12H,5,7-8H2,1-3H3,(H,11,13). The Balaban J connectivity index is 3.44. The minimum atomic E-state index is 0.00282. The Morgan fingerprint density at radius 3 is 2.77 bits per heavy atom. The highest BCUT2D eigenvalue weighted by Crippen LogP contribution is 1.85. The summed E-state index contributed by atoms with van der Waals surface area (Å²) in [6.07, 6.45) is 1.03. The van der Waals surface area contributed by atoms with Crippen LogP contribution in [0.1, 0.15) is 27.2 Å². The van der Waals surface area contributed by atoms with E-state index in [9.17, 15) is 4.79 Å². The molecule has 3 heteroatoms. The zero-order valence-corrected chi connectivity index (χ0v) is 8.61. The monoisotopic (exact) mass is 182 g/mol. The van der Waals surface area contributed by atoms with Crippen molar-refractivity contribution in [3.63, 3.8) is 0 Å². The minimum absolute atomic E-state index is 0.00282. The molecule has 0 aromatic carbocycles. The summed E-state index contributed by atoms with van der Waals surface area (Å²) in [4.78, 5) is 11.1. The van der Waals surface area contributed by atoms with Crippen molar-refractivity contribution in [2.24, 2.45) is 0 Å². The molecule has 0 aromatic rings. The first-order valence-electron chi connectivity index (χ1n) is 4.60. The summed E-state index contributed by atoms with van der Waals surface area (Å²) in [6, 6.07) is 0.392. The Morgan fingerprint density at radius 1 is 1.54 bits per heavy atom. The number of carbonyl (C=O) groups excluding carboxylic acids is 1. The van der Waals surface area contributed by atoms with Crippen LogP contribution in [0, 0.1) is 11.8 Å². The van der Waals surface area contributed by atoms with Gasteiger partial charge in [-0.3, -0.25) is 4.79 Å². The van der Waals surface area contributed by atoms with Gasteiger partial charge in [-0.25, -0.2) is 0 Å². The van der Waals surface area contributed by atoms with Gasteiger partial charge in [0.1, 0.15) is 0 Å². The molecule has 1 unspecified atom stereocenters. The van der Waals surface area contributed by atoms with Gasteiger partial charge in [0.15, 0.2) is 0 Å². The number of rotatable bonds is 5. The van der Waals surface area contributed by atoms with Crippen molar-refractivity contribution in [2.45, 2.75) is 33.2 Å². The van der Waals surface area contributed by atoms with Gasteiger partial charge in [0.2, 0.25) is 5.91 Å². The molecule has 0 fully saturated rings. The lowest BCUT2D eigenvalue weighted by atomic mass is 10.2. The molecule has 0 rings (SSSR count). The first kappa shape index (κ1) is 12.0. The van der Waals surface area contributed by atoms with Crippen LogP contribution < -0.4 is 10.6 Å². The molecule has 0 heterocycles. The van der Waals surface area contributed by atoms with Crippen LogP contribution in [0.25, 0.3) is 0 Å². The van der Waals surface area contributed by atoms with Gasteiger partial charge in [0.25, 0.3) is 0 Å². The molecule has 0 aliphatic carbocycles. The second kappa shape index (κ2) is 7.63. The molecule has 13 heavy (non-hydrogen) atoms. The summed E-state index contributed by atoms with van der Waals surface area (Å²) in [5.74, 6) is 5.49. The first-order valence-corrected chi connectivity index (χ1v) is 4.60. The molecule has 0 bridgehead atoms. The molecule has 74 valence electrons. The Morgan fingerprint density at radius 2 is 2.23 bits per heavy atom. The molecular weight excluding hydrogens is 164 g/mol. The average Bonchev–Trinajstić information content (AvgIpc) is 2.14. The summed E-state index contributed by atoms with van der Waals surface area (Å²) in [6.45, 7) is 6.71. The van der Waals surface area contributed by atoms with E-state index in [1.807, 2.05) is 0 Å². The molecule has 3 nitrogen and oxygen atoms in total. The molecule has 0 spiro atoms. The van der Waals surface area contributed by atoms with Crippen LogP contribution >= 0.6 is 0 Å². The molecule has 0 aromatic heterocycles. The quantitative estimate of drug-likeness (QED) is 0.608. The maximum absolute atomic E-state index is 11.1. The summed E-state index contributed by atoms with van der Waals surface area (Å²) in [5.41, 5.74) is 0. The van der Waals surface area contributed by atoms with E-state index in [2.05, 4.69) is 36.3 Å². The fraction of sp³-hybridized carbons (Fsp3) is 0.700. The van der Waals surface area contributed by atoms with E-state index < -0.39 is 0 Å². The first-order chi connectivity index (χ1) is 6.20. The fourth-order valence-corrected chi connectivity index (χ4v) is 0.705. The van der Waals surface area contributed by atoms with Gasteiger partial charge in [-0.1, -0.05) is 12.8 Å². The summed E-state index contributed by atoms with van der Waals surface area (Å²) >= 11 is 0. The predicted molar refractivity (Wildman–Crippen MR) is 54.2 cm³/mol. The topological polar surface area (TPSA) is 41.1 Å². The second-order valence-electron chi connectivity index (χ2n) is 2.89. The van der Waals surface area contributed by atoms with Gasteiger partial charge in [-0.2, -0.15) is 0 Å². The number of hydrogen-bond acceptors (Lipinski definition) is 2. The van der Waals surface area contributed by atoms with Crippen LogP contribution in [0.2, 0.25) is 0 Å². The number of nitrogens with one attached hydrogen (secondary N) is 2. The van der Waals surface area contributed by atoms with Crippen LogP contribution in [-0.4, -0.2) is 25.0 Å². The fourth-order valence-electron chi connectivity index (χ4n) is 0.705. The van der Waals surface area contributed by atoms with Crippen LogP contribution in [0.3, 0.4) is 0 Å². The Kier molecular flexibility index (Phi) is 7.04. The molecule has 0 saturated carbocycles. The molecule has 0 saturated heterocycles. The van der Waals surface area contributed by atoms with Crippen molar-refractivity contribution in [3.8, 4) is 11.8 Å². The average molecular weight is 182 g/mol. The Labute approximate surface area is 80.3 Å². The zero-order valence-electron chi connectivity index (χ0n) is 8.61. The smallest absolute Gasteiger partial charge is 0.234 e. The maximum Gasteiger partial charge on any atom is 0.234 e. The van der Waals surface area contributed by atoms with Crippen molar-refractivity contribution in [1.29, 1.82) is 0 Å². The van der Waals surface area contributed by atoms with Crippen LogP contribution in [0.4, 0.5) is 0 Å². The lowest BCUT2D eigenvalue weighted by Crippen LogP contribution is -2.37. The van der Waals surface area contributed by atoms with Crippen molar-refractivity contribution in [1.82, 2.24) is 10.6 Å². The molecule has 1 atom stereocenters. The molecule has 2 N–H and O–H groups in total. The van der Waals surface area contributed by atoms with Crippen molar-refractivity contribution in [2.75, 3.05) is 13.1 Å². The summed E-state index contributed by atoms with van der Waals surface area (Å²) < 4.78 is 0. The van der Waals surface area contributed by atoms with E-state index in [0.717, 1.165) is 6.42 Å². The number of hydrogen-bond donors (Lipinski definition) is 2. The largest absolute Gasteiger partial charge is 0.344 e. The third-order valence-electron chi connectivity index (χ3n) is 1.77. The van der Waals surface area contributed by atoms with Crippen molar-refractivity contribution < 1.29 is 4.79 Å². The highest BCUT2D eigenvalue weighted by molar-refractivity contribution is 5.78. The lowest BCUT2D eigenvalue weighted by molar-refractivity contribution is -0.120. The summed E-state index contributed by atoms with van der Waals surface area (Å²) in [7, 11) is 0. The van der Waals surface area contributed by atoms with Gasteiger partial charge in [0.05, 0.1) is 13.1 Å². The SMILES string of the molecule is CC#CCNC(=O)CNC(C)CC. The second-order valence-corrected chi connectivity index (χ2v) is 2.89. The molecule has 0 aliphatic heterocycles. The number of carbonyl (C=O) groups is 1. The highest BCUT2D eigenvalue weighted by atomic mass is 16.1. The maximum atomic E-state index is 11.1. The van der Waals surface area contributed by atoms with Gasteiger partial charge < -0.3 is 10.6 Å². The van der Waals surface area contributed by atoms with E-state index in [-0.39, 0.29) is 5.91 Å². The van der Waals surface area contributed by atoms with E-state index in [4.69, 9.17) is 0 Å². The normalized spacial score (nSPS) is 11.3. The zero-order chi connectivity index (χ0) is 10.1. The Bertz CT molecular complexity index is 203. The number of amides is 1. The van der Waals surface area contributed by atoms with E-state index in [1.165, 1.54) is 0 Å². The van der Waals surface area contributed by atoms with Gasteiger partial charge in [0, 0.05) is 6.04 Å². The van der Waals surface area contributed by atoms with Gasteiger partial charge in [-0.15, -0.1) is 5.92 Å².